The zero-order chi connectivity index (χ0) is 13.2. The number of nitrogens with two attached hydrogens (primary N) is 1. The largest absolute Gasteiger partial charge is 0.393 e. The zero-order valence-electron chi connectivity index (χ0n) is 9.72. The van der Waals surface area contributed by atoms with Gasteiger partial charge in [-0.25, -0.2) is 17.9 Å². The molecule has 17 heavy (non-hydrogen) atoms. The predicted octanol–water partition coefficient (Wildman–Crippen LogP) is 1.35. The monoisotopic (exact) mass is 261 g/mol. The Morgan fingerprint density at radius 3 is 2.41 bits per heavy atom. The maximum Gasteiger partial charge on any atom is 0.238 e. The number of aliphatic hydroxyl groups is 1. The molecule has 0 aliphatic rings. The fourth-order valence-electron chi connectivity index (χ4n) is 1.81. The first kappa shape index (κ1) is 14.1. The smallest absolute Gasteiger partial charge is 0.238 e. The van der Waals surface area contributed by atoms with Crippen molar-refractivity contribution in [1.29, 1.82) is 0 Å². The van der Waals surface area contributed by atoms with Gasteiger partial charge < -0.3 is 5.11 Å². The van der Waals surface area contributed by atoms with Gasteiger partial charge in [0.25, 0.3) is 0 Å². The Bertz CT molecular complexity index is 499. The van der Waals surface area contributed by atoms with Crippen LogP contribution in [0.25, 0.3) is 0 Å². The van der Waals surface area contributed by atoms with Crippen LogP contribution in [0.1, 0.15) is 31.7 Å². The van der Waals surface area contributed by atoms with Crippen LogP contribution in [-0.4, -0.2) is 19.6 Å². The highest BCUT2D eigenvalue weighted by atomic mass is 32.2. The van der Waals surface area contributed by atoms with Crippen LogP contribution in [-0.2, 0) is 10.0 Å². The quantitative estimate of drug-likeness (QED) is 0.858. The van der Waals surface area contributed by atoms with Crippen LogP contribution in [0.4, 0.5) is 4.39 Å². The highest BCUT2D eigenvalue weighted by Gasteiger charge is 2.20. The highest BCUT2D eigenvalue weighted by Crippen LogP contribution is 2.27. The minimum atomic E-state index is -3.90. The molecule has 2 unspecified atom stereocenters. The molecule has 0 heterocycles. The predicted molar refractivity (Wildman–Crippen MR) is 62.5 cm³/mol. The van der Waals surface area contributed by atoms with Crippen molar-refractivity contribution in [3.8, 4) is 0 Å². The van der Waals surface area contributed by atoms with E-state index in [1.807, 2.05) is 6.92 Å². The lowest BCUT2D eigenvalue weighted by atomic mass is 9.91. The van der Waals surface area contributed by atoms with E-state index in [4.69, 9.17) is 5.14 Å². The summed E-state index contributed by atoms with van der Waals surface area (Å²) in [6, 6.07) is 3.49. The van der Waals surface area contributed by atoms with Gasteiger partial charge in [-0.3, -0.25) is 0 Å². The normalized spacial score (nSPS) is 15.6. The molecule has 1 rings (SSSR count). The van der Waals surface area contributed by atoms with Crippen molar-refractivity contribution in [3.05, 3.63) is 29.6 Å². The van der Waals surface area contributed by atoms with E-state index < -0.39 is 21.9 Å². The van der Waals surface area contributed by atoms with E-state index in [0.29, 0.717) is 12.0 Å². The summed E-state index contributed by atoms with van der Waals surface area (Å²) in [4.78, 5) is -0.265. The van der Waals surface area contributed by atoms with E-state index in [1.54, 1.807) is 6.92 Å². The third-order valence-electron chi connectivity index (χ3n) is 2.72. The van der Waals surface area contributed by atoms with E-state index >= 15 is 0 Å². The zero-order valence-corrected chi connectivity index (χ0v) is 10.5. The number of primary sulfonamides is 1. The average Bonchev–Trinajstić information content (AvgIpc) is 2.19. The molecule has 4 nitrogen and oxygen atoms in total. The molecule has 0 aliphatic heterocycles. The number of hydrogen-bond acceptors (Lipinski definition) is 3. The molecule has 3 N–H and O–H groups in total. The van der Waals surface area contributed by atoms with Crippen molar-refractivity contribution in [2.75, 3.05) is 0 Å². The van der Waals surface area contributed by atoms with Crippen molar-refractivity contribution in [1.82, 2.24) is 0 Å². The fraction of sp³-hybridized carbons (Fsp3) is 0.455. The maximum atomic E-state index is 13.7. The minimum Gasteiger partial charge on any atom is -0.393 e. The number of sulfonamides is 1. The Balaban J connectivity index is 3.22. The SMILES string of the molecule is CCC(c1ccc(S(N)(=O)=O)cc1F)C(C)O. The highest BCUT2D eigenvalue weighted by molar-refractivity contribution is 7.89. The minimum absolute atomic E-state index is 0.265. The fourth-order valence-corrected chi connectivity index (χ4v) is 2.33. The van der Waals surface area contributed by atoms with Crippen LogP contribution in [0.3, 0.4) is 0 Å². The van der Waals surface area contributed by atoms with Crippen molar-refractivity contribution in [2.45, 2.75) is 37.2 Å². The van der Waals surface area contributed by atoms with E-state index in [2.05, 4.69) is 0 Å². The Hall–Kier alpha value is -0.980. The van der Waals surface area contributed by atoms with Crippen molar-refractivity contribution >= 4 is 10.0 Å². The van der Waals surface area contributed by atoms with Crippen LogP contribution in [0.2, 0.25) is 0 Å². The lowest BCUT2D eigenvalue weighted by Gasteiger charge is -2.19. The standard InChI is InChI=1S/C11H16FNO3S/c1-3-9(7(2)14)10-5-4-8(6-11(10)12)17(13,15)16/h4-7,9,14H,3H2,1-2H3,(H2,13,15,16). The van der Waals surface area contributed by atoms with Gasteiger partial charge in [0.1, 0.15) is 5.82 Å². The summed E-state index contributed by atoms with van der Waals surface area (Å²) in [6.45, 7) is 3.39. The van der Waals surface area contributed by atoms with Crippen LogP contribution < -0.4 is 5.14 Å². The average molecular weight is 261 g/mol. The summed E-state index contributed by atoms with van der Waals surface area (Å²) in [7, 11) is -3.90. The lowest BCUT2D eigenvalue weighted by molar-refractivity contribution is 0.158. The van der Waals surface area contributed by atoms with Gasteiger partial charge in [0, 0.05) is 5.92 Å². The van der Waals surface area contributed by atoms with Crippen LogP contribution in [0, 0.1) is 5.82 Å². The summed E-state index contributed by atoms with van der Waals surface area (Å²) in [6.07, 6.45) is -0.140. The lowest BCUT2D eigenvalue weighted by Crippen LogP contribution is -2.17. The van der Waals surface area contributed by atoms with Gasteiger partial charge in [-0.1, -0.05) is 13.0 Å². The van der Waals surface area contributed by atoms with Crippen LogP contribution in [0.15, 0.2) is 23.1 Å². The molecule has 96 valence electrons. The number of hydrogen-bond donors (Lipinski definition) is 2. The van der Waals surface area contributed by atoms with Gasteiger partial charge in [0.2, 0.25) is 10.0 Å². The number of benzene rings is 1. The second kappa shape index (κ2) is 5.12. The molecule has 0 spiro atoms. The molecule has 6 heteroatoms. The Morgan fingerprint density at radius 2 is 2.06 bits per heavy atom. The Morgan fingerprint density at radius 1 is 1.47 bits per heavy atom. The molecule has 2 atom stereocenters. The summed E-state index contributed by atoms with van der Waals surface area (Å²) < 4.78 is 35.8. The molecule has 0 aromatic heterocycles. The third kappa shape index (κ3) is 3.24. The summed E-state index contributed by atoms with van der Waals surface area (Å²) in [5.41, 5.74) is 0.301. The van der Waals surface area contributed by atoms with Crippen molar-refractivity contribution < 1.29 is 17.9 Å². The first-order valence-corrected chi connectivity index (χ1v) is 6.82. The van der Waals surface area contributed by atoms with E-state index in [1.165, 1.54) is 12.1 Å². The van der Waals surface area contributed by atoms with Gasteiger partial charge >= 0.3 is 0 Å². The van der Waals surface area contributed by atoms with Gasteiger partial charge in [-0.15, -0.1) is 0 Å². The van der Waals surface area contributed by atoms with Crippen LogP contribution >= 0.6 is 0 Å². The van der Waals surface area contributed by atoms with E-state index in [9.17, 15) is 17.9 Å². The summed E-state index contributed by atoms with van der Waals surface area (Å²) in [5, 5.41) is 14.4. The molecule has 0 saturated carbocycles. The molecule has 0 bridgehead atoms. The molecule has 0 amide bonds. The van der Waals surface area contributed by atoms with Crippen molar-refractivity contribution in [3.63, 3.8) is 0 Å². The summed E-state index contributed by atoms with van der Waals surface area (Å²) in [5.74, 6) is -1.02. The van der Waals surface area contributed by atoms with Gasteiger partial charge in [0.15, 0.2) is 0 Å². The topological polar surface area (TPSA) is 80.4 Å². The van der Waals surface area contributed by atoms with Gasteiger partial charge in [-0.05, 0) is 31.0 Å². The number of rotatable bonds is 4. The molecule has 0 saturated heterocycles. The molecule has 0 radical (unpaired) electrons. The van der Waals surface area contributed by atoms with Crippen molar-refractivity contribution in [2.24, 2.45) is 5.14 Å². The third-order valence-corrected chi connectivity index (χ3v) is 3.63. The first-order chi connectivity index (χ1) is 7.77. The van der Waals surface area contributed by atoms with Gasteiger partial charge in [0.05, 0.1) is 11.0 Å². The molecule has 1 aromatic carbocycles. The second-order valence-electron chi connectivity index (χ2n) is 3.98. The van der Waals surface area contributed by atoms with E-state index in [-0.39, 0.29) is 10.8 Å². The molecule has 0 aliphatic carbocycles. The molecule has 0 fully saturated rings. The Kier molecular flexibility index (Phi) is 4.24. The Labute approximate surface area is 100 Å². The molecule has 1 aromatic rings. The molecular weight excluding hydrogens is 245 g/mol. The first-order valence-electron chi connectivity index (χ1n) is 5.27. The second-order valence-corrected chi connectivity index (χ2v) is 5.55. The van der Waals surface area contributed by atoms with Crippen LogP contribution in [0.5, 0.6) is 0 Å². The maximum absolute atomic E-state index is 13.7. The number of halogens is 1. The summed E-state index contributed by atoms with van der Waals surface area (Å²) >= 11 is 0. The van der Waals surface area contributed by atoms with Gasteiger partial charge in [-0.2, -0.15) is 0 Å². The van der Waals surface area contributed by atoms with E-state index in [0.717, 1.165) is 6.07 Å². The molecular formula is C11H16FNO3S. The number of aliphatic hydroxyl groups excluding tert-OH is 1.